The molecule has 3 rings (SSSR count). The molecule has 2 atom stereocenters. The molecule has 1 saturated heterocycles. The Hall–Kier alpha value is -2.02. The van der Waals surface area contributed by atoms with Gasteiger partial charge in [0, 0.05) is 22.4 Å². The van der Waals surface area contributed by atoms with Gasteiger partial charge < -0.3 is 10.1 Å². The van der Waals surface area contributed by atoms with Crippen LogP contribution in [0, 0.1) is 11.6 Å². The maximum Gasteiger partial charge on any atom is 0.408 e. The van der Waals surface area contributed by atoms with Crippen molar-refractivity contribution in [3.8, 4) is 0 Å². The minimum absolute atomic E-state index is 0.0154. The van der Waals surface area contributed by atoms with Crippen LogP contribution in [0.1, 0.15) is 23.3 Å². The van der Waals surface area contributed by atoms with Crippen LogP contribution >= 0.6 is 15.9 Å². The van der Waals surface area contributed by atoms with Crippen molar-refractivity contribution in [1.29, 1.82) is 0 Å². The number of alkyl carbamates (subject to hydrolysis) is 1. The maximum absolute atomic E-state index is 13.9. The first-order valence-corrected chi connectivity index (χ1v) is 6.86. The Morgan fingerprint density at radius 3 is 2.81 bits per heavy atom. The fraction of sp³-hybridized carbons (Fsp3) is 0.143. The van der Waals surface area contributed by atoms with Crippen LogP contribution in [-0.2, 0) is 4.74 Å². The second kappa shape index (κ2) is 5.40. The number of ether oxygens (including phenoxy) is 1. The molecule has 1 aliphatic rings. The molecule has 1 aromatic heterocycles. The van der Waals surface area contributed by atoms with Crippen LogP contribution in [0.3, 0.4) is 0 Å². The number of nitrogens with zero attached hydrogens (tertiary/aromatic N) is 1. The van der Waals surface area contributed by atoms with Gasteiger partial charge in [-0.3, -0.25) is 4.98 Å². The minimum Gasteiger partial charge on any atom is -0.439 e. The number of hydrogen-bond donors (Lipinski definition) is 1. The highest BCUT2D eigenvalue weighted by atomic mass is 79.9. The number of halogens is 3. The summed E-state index contributed by atoms with van der Waals surface area (Å²) >= 11 is 3.28. The summed E-state index contributed by atoms with van der Waals surface area (Å²) in [5.74, 6) is -1.23. The Labute approximate surface area is 127 Å². The van der Waals surface area contributed by atoms with Gasteiger partial charge in [-0.05, 0) is 45.8 Å². The second-order valence-electron chi connectivity index (χ2n) is 4.55. The zero-order chi connectivity index (χ0) is 15.0. The number of aromatic nitrogens is 1. The molecule has 1 unspecified atom stereocenters. The highest BCUT2D eigenvalue weighted by molar-refractivity contribution is 9.10. The fourth-order valence-electron chi connectivity index (χ4n) is 2.25. The number of rotatable bonds is 2. The topological polar surface area (TPSA) is 51.2 Å². The van der Waals surface area contributed by atoms with Crippen LogP contribution in [0.25, 0.3) is 0 Å². The number of cyclic esters (lactones) is 1. The van der Waals surface area contributed by atoms with Gasteiger partial charge in [0.25, 0.3) is 0 Å². The number of benzene rings is 1. The first-order valence-electron chi connectivity index (χ1n) is 6.07. The zero-order valence-corrected chi connectivity index (χ0v) is 12.1. The third kappa shape index (κ3) is 2.73. The summed E-state index contributed by atoms with van der Waals surface area (Å²) in [6, 6.07) is 4.14. The largest absolute Gasteiger partial charge is 0.439 e. The Morgan fingerprint density at radius 2 is 2.05 bits per heavy atom. The average Bonchev–Trinajstić information content (AvgIpc) is 2.83. The van der Waals surface area contributed by atoms with E-state index in [-0.39, 0.29) is 5.56 Å². The van der Waals surface area contributed by atoms with Gasteiger partial charge in [0.2, 0.25) is 0 Å². The molecule has 0 bridgehead atoms. The van der Waals surface area contributed by atoms with Crippen molar-refractivity contribution in [2.45, 2.75) is 12.1 Å². The van der Waals surface area contributed by atoms with Crippen molar-refractivity contribution in [3.05, 3.63) is 63.9 Å². The van der Waals surface area contributed by atoms with Crippen LogP contribution in [0.4, 0.5) is 13.6 Å². The van der Waals surface area contributed by atoms with Gasteiger partial charge in [0.15, 0.2) is 6.10 Å². The van der Waals surface area contributed by atoms with Crippen LogP contribution < -0.4 is 5.32 Å². The number of amides is 1. The number of pyridine rings is 1. The third-order valence-electron chi connectivity index (χ3n) is 3.16. The molecule has 4 nitrogen and oxygen atoms in total. The number of nitrogens with one attached hydrogen (secondary N) is 1. The van der Waals surface area contributed by atoms with E-state index in [9.17, 15) is 13.6 Å². The quantitative estimate of drug-likeness (QED) is 0.895. The normalized spacial score (nSPS) is 21.0. The molecule has 108 valence electrons. The molecule has 21 heavy (non-hydrogen) atoms. The van der Waals surface area contributed by atoms with E-state index < -0.39 is 29.9 Å². The number of carbonyl (C=O) groups excluding carboxylic acids is 1. The molecule has 2 heterocycles. The molecule has 0 saturated carbocycles. The number of hydrogen-bond acceptors (Lipinski definition) is 3. The summed E-state index contributed by atoms with van der Waals surface area (Å²) in [5.41, 5.74) is 0.613. The van der Waals surface area contributed by atoms with E-state index in [4.69, 9.17) is 4.74 Å². The molecule has 1 N–H and O–H groups in total. The summed E-state index contributed by atoms with van der Waals surface area (Å²) in [5, 5.41) is 2.58. The molecule has 2 aromatic rings. The van der Waals surface area contributed by atoms with Crippen LogP contribution in [0.5, 0.6) is 0 Å². The van der Waals surface area contributed by atoms with Gasteiger partial charge in [-0.1, -0.05) is 0 Å². The maximum atomic E-state index is 13.9. The van der Waals surface area contributed by atoms with E-state index in [0.717, 1.165) is 18.2 Å². The standard InChI is InChI=1S/C14H9BrF2N2O2/c15-8-3-7(5-18-6-8)12-13(21-14(20)19-12)10-4-9(16)1-2-11(10)17/h1-6,12-13H,(H,19,20)/t12-,13?/m1/s1. The molecule has 0 radical (unpaired) electrons. The Balaban J connectivity index is 2.03. The highest BCUT2D eigenvalue weighted by Crippen LogP contribution is 2.38. The van der Waals surface area contributed by atoms with E-state index in [1.54, 1.807) is 12.3 Å². The first kappa shape index (κ1) is 13.9. The van der Waals surface area contributed by atoms with Gasteiger partial charge in [-0.25, -0.2) is 13.6 Å². The predicted octanol–water partition coefficient (Wildman–Crippen LogP) is 3.64. The minimum atomic E-state index is -0.954. The monoisotopic (exact) mass is 354 g/mol. The fourth-order valence-corrected chi connectivity index (χ4v) is 2.63. The van der Waals surface area contributed by atoms with Crippen molar-refractivity contribution in [2.75, 3.05) is 0 Å². The molecule has 1 aliphatic heterocycles. The van der Waals surface area contributed by atoms with Crippen molar-refractivity contribution in [3.63, 3.8) is 0 Å². The Morgan fingerprint density at radius 1 is 1.24 bits per heavy atom. The SMILES string of the molecule is O=C1N[C@H](c2cncc(Br)c2)C(c2cc(F)ccc2F)O1. The molecule has 1 fully saturated rings. The summed E-state index contributed by atoms with van der Waals surface area (Å²) < 4.78 is 33.0. The van der Waals surface area contributed by atoms with Crippen LogP contribution in [0.15, 0.2) is 41.1 Å². The summed E-state index contributed by atoms with van der Waals surface area (Å²) in [7, 11) is 0. The predicted molar refractivity (Wildman–Crippen MR) is 73.4 cm³/mol. The Kier molecular flexibility index (Phi) is 3.59. The van der Waals surface area contributed by atoms with Crippen molar-refractivity contribution >= 4 is 22.0 Å². The molecule has 1 amide bonds. The van der Waals surface area contributed by atoms with Gasteiger partial charge in [-0.15, -0.1) is 0 Å². The molecule has 7 heteroatoms. The first-order chi connectivity index (χ1) is 10.0. The summed E-state index contributed by atoms with van der Waals surface area (Å²) in [6.07, 6.45) is 1.48. The van der Waals surface area contributed by atoms with Crippen LogP contribution in [-0.4, -0.2) is 11.1 Å². The molecule has 1 aromatic carbocycles. The van der Waals surface area contributed by atoms with E-state index in [1.165, 1.54) is 6.20 Å². The zero-order valence-electron chi connectivity index (χ0n) is 10.5. The van der Waals surface area contributed by atoms with Crippen molar-refractivity contribution in [2.24, 2.45) is 0 Å². The Bertz CT molecular complexity index is 711. The second-order valence-corrected chi connectivity index (χ2v) is 5.47. The molecular formula is C14H9BrF2N2O2. The van der Waals surface area contributed by atoms with Gasteiger partial charge in [-0.2, -0.15) is 0 Å². The van der Waals surface area contributed by atoms with Crippen molar-refractivity contribution in [1.82, 2.24) is 10.3 Å². The number of carbonyl (C=O) groups is 1. The van der Waals surface area contributed by atoms with Gasteiger partial charge in [0.1, 0.15) is 17.7 Å². The smallest absolute Gasteiger partial charge is 0.408 e. The average molecular weight is 355 g/mol. The van der Waals surface area contributed by atoms with Crippen LogP contribution in [0.2, 0.25) is 0 Å². The summed E-state index contributed by atoms with van der Waals surface area (Å²) in [4.78, 5) is 15.5. The van der Waals surface area contributed by atoms with E-state index in [2.05, 4.69) is 26.2 Å². The van der Waals surface area contributed by atoms with E-state index in [1.807, 2.05) is 0 Å². The lowest BCUT2D eigenvalue weighted by Crippen LogP contribution is -2.20. The lowest BCUT2D eigenvalue weighted by molar-refractivity contribution is 0.130. The molecule has 0 aliphatic carbocycles. The molecular weight excluding hydrogens is 346 g/mol. The van der Waals surface area contributed by atoms with E-state index >= 15 is 0 Å². The third-order valence-corrected chi connectivity index (χ3v) is 3.59. The van der Waals surface area contributed by atoms with Gasteiger partial charge in [0.05, 0.1) is 0 Å². The molecule has 0 spiro atoms. The lowest BCUT2D eigenvalue weighted by atomic mass is 9.97. The highest BCUT2D eigenvalue weighted by Gasteiger charge is 2.38. The van der Waals surface area contributed by atoms with Crippen molar-refractivity contribution < 1.29 is 18.3 Å². The lowest BCUT2D eigenvalue weighted by Gasteiger charge is -2.18. The van der Waals surface area contributed by atoms with E-state index in [0.29, 0.717) is 10.0 Å². The van der Waals surface area contributed by atoms with Gasteiger partial charge >= 0.3 is 6.09 Å². The summed E-state index contributed by atoms with van der Waals surface area (Å²) in [6.45, 7) is 0.